The van der Waals surface area contributed by atoms with E-state index < -0.39 is 18.2 Å². The van der Waals surface area contributed by atoms with Crippen molar-refractivity contribution in [2.75, 3.05) is 13.2 Å². The van der Waals surface area contributed by atoms with Gasteiger partial charge in [0.05, 0.1) is 30.5 Å². The topological polar surface area (TPSA) is 85.4 Å². The van der Waals surface area contributed by atoms with E-state index in [1.807, 2.05) is 49.4 Å². The van der Waals surface area contributed by atoms with Crippen molar-refractivity contribution in [3.63, 3.8) is 0 Å². The zero-order valence-electron chi connectivity index (χ0n) is 22.1. The van der Waals surface area contributed by atoms with E-state index >= 15 is 0 Å². The Morgan fingerprint density at radius 2 is 1.46 bits per heavy atom. The lowest BCUT2D eigenvalue weighted by Crippen LogP contribution is -2.49. The summed E-state index contributed by atoms with van der Waals surface area (Å²) in [6.07, 6.45) is 1.80. The fourth-order valence-corrected chi connectivity index (χ4v) is 4.31. The first-order chi connectivity index (χ1) is 17.9. The van der Waals surface area contributed by atoms with E-state index in [1.54, 1.807) is 26.0 Å². The molecule has 0 radical (unpaired) electrons. The number of esters is 1. The number of carbonyl (C=O) groups is 3. The highest BCUT2D eigenvalue weighted by atomic mass is 16.6. The van der Waals surface area contributed by atoms with E-state index in [0.717, 1.165) is 36.0 Å². The van der Waals surface area contributed by atoms with Gasteiger partial charge in [-0.1, -0.05) is 55.8 Å². The van der Waals surface area contributed by atoms with Crippen LogP contribution in [0.3, 0.4) is 0 Å². The lowest BCUT2D eigenvalue weighted by molar-refractivity contribution is -0.000610. The molecule has 2 amide bonds. The minimum Gasteiger partial charge on any atom is -0.457 e. The van der Waals surface area contributed by atoms with E-state index in [4.69, 9.17) is 14.2 Å². The second-order valence-corrected chi connectivity index (χ2v) is 8.74. The van der Waals surface area contributed by atoms with Crippen molar-refractivity contribution < 1.29 is 28.6 Å². The van der Waals surface area contributed by atoms with E-state index in [9.17, 15) is 14.4 Å². The van der Waals surface area contributed by atoms with Crippen molar-refractivity contribution in [3.05, 3.63) is 82.6 Å². The SMILES string of the molecule is CCCCC1=C(Cc2ccc(C(=O)OCc3ccccc3)cc2)N(C(=O)OCC)N(C(=O)OCC)C1C. The van der Waals surface area contributed by atoms with E-state index in [1.165, 1.54) is 10.0 Å². The highest BCUT2D eigenvalue weighted by molar-refractivity contribution is 5.89. The summed E-state index contributed by atoms with van der Waals surface area (Å²) < 4.78 is 16.0. The molecule has 0 aliphatic carbocycles. The van der Waals surface area contributed by atoms with Crippen molar-refractivity contribution in [2.45, 2.75) is 66.0 Å². The average molecular weight is 509 g/mol. The molecule has 3 rings (SSSR count). The molecule has 0 N–H and O–H groups in total. The lowest BCUT2D eigenvalue weighted by atomic mass is 9.97. The molecule has 8 heteroatoms. The maximum Gasteiger partial charge on any atom is 0.433 e. The molecule has 2 aromatic carbocycles. The van der Waals surface area contributed by atoms with Crippen LogP contribution >= 0.6 is 0 Å². The summed E-state index contributed by atoms with van der Waals surface area (Å²) in [5.41, 5.74) is 3.94. The molecule has 1 unspecified atom stereocenters. The molecule has 198 valence electrons. The summed E-state index contributed by atoms with van der Waals surface area (Å²) in [5.74, 6) is -0.408. The molecule has 8 nitrogen and oxygen atoms in total. The molecular formula is C29H36N2O6. The van der Waals surface area contributed by atoms with E-state index in [2.05, 4.69) is 6.92 Å². The normalized spacial score (nSPS) is 15.1. The van der Waals surface area contributed by atoms with Crippen LogP contribution in [0, 0.1) is 0 Å². The predicted molar refractivity (Wildman–Crippen MR) is 139 cm³/mol. The standard InChI is InChI=1S/C29H36N2O6/c1-5-8-14-25-21(4)30(28(33)35-6-2)31(29(34)36-7-3)26(25)19-22-15-17-24(18-16-22)27(32)37-20-23-12-10-9-11-13-23/h9-13,15-18,21H,5-8,14,19-20H2,1-4H3. The van der Waals surface area contributed by atoms with Gasteiger partial charge in [0.1, 0.15) is 6.61 Å². The zero-order valence-corrected chi connectivity index (χ0v) is 22.1. The molecular weight excluding hydrogens is 472 g/mol. The largest absolute Gasteiger partial charge is 0.457 e. The molecule has 0 aromatic heterocycles. The summed E-state index contributed by atoms with van der Waals surface area (Å²) in [5, 5.41) is 2.66. The van der Waals surface area contributed by atoms with Crippen LogP contribution in [0.15, 0.2) is 65.9 Å². The summed E-state index contributed by atoms with van der Waals surface area (Å²) >= 11 is 0. The van der Waals surface area contributed by atoms with Crippen LogP contribution in [-0.2, 0) is 27.2 Å². The molecule has 0 bridgehead atoms. The molecule has 1 atom stereocenters. The Morgan fingerprint density at radius 3 is 2.08 bits per heavy atom. The highest BCUT2D eigenvalue weighted by Gasteiger charge is 2.43. The van der Waals surface area contributed by atoms with Gasteiger partial charge in [-0.25, -0.2) is 19.4 Å². The van der Waals surface area contributed by atoms with Crippen molar-refractivity contribution in [1.82, 2.24) is 10.0 Å². The smallest absolute Gasteiger partial charge is 0.433 e. The first-order valence-corrected chi connectivity index (χ1v) is 12.9. The minimum absolute atomic E-state index is 0.178. The summed E-state index contributed by atoms with van der Waals surface area (Å²) in [6.45, 7) is 8.02. The number of carbonyl (C=O) groups excluding carboxylic acids is 3. The van der Waals surface area contributed by atoms with Gasteiger partial charge < -0.3 is 14.2 Å². The first-order valence-electron chi connectivity index (χ1n) is 12.9. The monoisotopic (exact) mass is 508 g/mol. The second-order valence-electron chi connectivity index (χ2n) is 8.74. The number of benzene rings is 2. The van der Waals surface area contributed by atoms with Crippen LogP contribution < -0.4 is 0 Å². The third kappa shape index (κ3) is 6.90. The maximum atomic E-state index is 13.0. The molecule has 0 spiro atoms. The van der Waals surface area contributed by atoms with Gasteiger partial charge in [0, 0.05) is 6.42 Å². The number of hydrazine groups is 1. The Hall–Kier alpha value is -3.81. The number of hydrogen-bond acceptors (Lipinski definition) is 6. The Bertz CT molecular complexity index is 1100. The van der Waals surface area contributed by atoms with Gasteiger partial charge in [-0.05, 0) is 62.4 Å². The summed E-state index contributed by atoms with van der Waals surface area (Å²) in [4.78, 5) is 38.4. The number of rotatable bonds is 10. The fraction of sp³-hybridized carbons (Fsp3) is 0.414. The summed E-state index contributed by atoms with van der Waals surface area (Å²) in [6, 6.07) is 16.3. The predicted octanol–water partition coefficient (Wildman–Crippen LogP) is 6.26. The molecule has 1 aliphatic rings. The van der Waals surface area contributed by atoms with Crippen molar-refractivity contribution in [3.8, 4) is 0 Å². The van der Waals surface area contributed by atoms with Gasteiger partial charge >= 0.3 is 18.2 Å². The van der Waals surface area contributed by atoms with E-state index in [0.29, 0.717) is 17.7 Å². The third-order valence-corrected chi connectivity index (χ3v) is 6.18. The Labute approximate surface area is 218 Å². The molecule has 1 heterocycles. The third-order valence-electron chi connectivity index (χ3n) is 6.18. The first kappa shape index (κ1) is 27.8. The lowest BCUT2D eigenvalue weighted by Gasteiger charge is -2.31. The van der Waals surface area contributed by atoms with Gasteiger partial charge in [-0.15, -0.1) is 0 Å². The van der Waals surface area contributed by atoms with Crippen molar-refractivity contribution in [1.29, 1.82) is 0 Å². The number of amides is 2. The van der Waals surface area contributed by atoms with Gasteiger partial charge in [0.2, 0.25) is 0 Å². The van der Waals surface area contributed by atoms with Crippen molar-refractivity contribution >= 4 is 18.2 Å². The average Bonchev–Trinajstić information content (AvgIpc) is 3.18. The quantitative estimate of drug-likeness (QED) is 0.278. The molecule has 0 fully saturated rings. The molecule has 0 saturated heterocycles. The van der Waals surface area contributed by atoms with Gasteiger partial charge in [-0.2, -0.15) is 5.01 Å². The van der Waals surface area contributed by atoms with Gasteiger partial charge in [0.15, 0.2) is 0 Å². The van der Waals surface area contributed by atoms with Crippen LogP contribution in [0.25, 0.3) is 0 Å². The van der Waals surface area contributed by atoms with Crippen molar-refractivity contribution in [2.24, 2.45) is 0 Å². The maximum absolute atomic E-state index is 13.0. The zero-order chi connectivity index (χ0) is 26.8. The van der Waals surface area contributed by atoms with Crippen LogP contribution in [-0.4, -0.2) is 47.4 Å². The number of nitrogens with zero attached hydrogens (tertiary/aromatic N) is 2. The van der Waals surface area contributed by atoms with Gasteiger partial charge in [0.25, 0.3) is 0 Å². The molecule has 37 heavy (non-hydrogen) atoms. The van der Waals surface area contributed by atoms with Crippen LogP contribution in [0.4, 0.5) is 9.59 Å². The van der Waals surface area contributed by atoms with Crippen LogP contribution in [0.2, 0.25) is 0 Å². The molecule has 1 aliphatic heterocycles. The Balaban J connectivity index is 1.83. The summed E-state index contributed by atoms with van der Waals surface area (Å²) in [7, 11) is 0. The Kier molecular flexibility index (Phi) is 10.1. The minimum atomic E-state index is -0.620. The molecule has 2 aromatic rings. The van der Waals surface area contributed by atoms with Crippen LogP contribution in [0.1, 0.15) is 68.4 Å². The number of ether oxygens (including phenoxy) is 3. The highest BCUT2D eigenvalue weighted by Crippen LogP contribution is 2.35. The molecule has 0 saturated carbocycles. The number of unbranched alkanes of at least 4 members (excludes halogenated alkanes) is 1. The van der Waals surface area contributed by atoms with Gasteiger partial charge in [-0.3, -0.25) is 0 Å². The number of allylic oxidation sites excluding steroid dienone is 1. The number of hydrogen-bond donors (Lipinski definition) is 0. The fourth-order valence-electron chi connectivity index (χ4n) is 4.31. The van der Waals surface area contributed by atoms with E-state index in [-0.39, 0.29) is 25.9 Å². The van der Waals surface area contributed by atoms with Crippen LogP contribution in [0.5, 0.6) is 0 Å². The Morgan fingerprint density at radius 1 is 0.811 bits per heavy atom. The second kappa shape index (κ2) is 13.5.